The molecule has 4 aromatic rings. The Morgan fingerprint density at radius 3 is 2.23 bits per heavy atom. The number of rotatable bonds is 14. The number of pyridine rings is 1. The highest BCUT2D eigenvalue weighted by molar-refractivity contribution is 7.94. The van der Waals surface area contributed by atoms with Crippen molar-refractivity contribution >= 4 is 52.1 Å². The zero-order chi connectivity index (χ0) is 37.1. The maximum Gasteiger partial charge on any atom is 0.315 e. The number of aliphatic carboxylic acids is 1. The Bertz CT molecular complexity index is 1870. The molecule has 1 saturated heterocycles. The second-order valence-electron chi connectivity index (χ2n) is 11.9. The Labute approximate surface area is 302 Å². The van der Waals surface area contributed by atoms with Gasteiger partial charge in [-0.1, -0.05) is 0 Å². The quantitative estimate of drug-likeness (QED) is 0.0672. The molecule has 2 heterocycles. The summed E-state index contributed by atoms with van der Waals surface area (Å²) in [6.45, 7) is 4.76. The molecule has 1 aliphatic heterocycles. The van der Waals surface area contributed by atoms with Gasteiger partial charge in [0.25, 0.3) is 0 Å². The molecule has 13 nitrogen and oxygen atoms in total. The first-order chi connectivity index (χ1) is 25.1. The van der Waals surface area contributed by atoms with Gasteiger partial charge in [-0.05, 0) is 79.8 Å². The molecule has 2 fully saturated rings. The van der Waals surface area contributed by atoms with E-state index in [9.17, 15) is 18.8 Å². The smallest absolute Gasteiger partial charge is 0.315 e. The minimum absolute atomic E-state index is 0.0666. The summed E-state index contributed by atoms with van der Waals surface area (Å²) in [6, 6.07) is 14.4. The molecule has 0 bridgehead atoms. The third-order valence-corrected chi connectivity index (χ3v) is 8.66. The predicted octanol–water partition coefficient (Wildman–Crippen LogP) is 6.05. The molecular weight excluding hydrogens is 702 g/mol. The molecule has 2 amide bonds. The number of morpholine rings is 1. The molecule has 52 heavy (non-hydrogen) atoms. The lowest BCUT2D eigenvalue weighted by Gasteiger charge is -2.26. The average molecular weight is 741 g/mol. The van der Waals surface area contributed by atoms with Crippen LogP contribution >= 0.6 is 12.0 Å². The number of fused-ring (bicyclic) bond motifs is 1. The van der Waals surface area contributed by atoms with Gasteiger partial charge in [-0.2, -0.15) is 0 Å². The highest BCUT2D eigenvalue weighted by Gasteiger charge is 2.56. The van der Waals surface area contributed by atoms with Gasteiger partial charge in [-0.25, -0.2) is 8.78 Å². The Kier molecular flexibility index (Phi) is 13.2. The number of nitrogens with zero attached hydrogens (tertiary/aromatic N) is 2. The van der Waals surface area contributed by atoms with Crippen LogP contribution in [0.15, 0.2) is 66.9 Å². The highest BCUT2D eigenvalue weighted by Crippen LogP contribution is 2.47. The summed E-state index contributed by atoms with van der Waals surface area (Å²) >= 11 is 0.310. The van der Waals surface area contributed by atoms with Crippen LogP contribution in [0.5, 0.6) is 23.0 Å². The van der Waals surface area contributed by atoms with Crippen LogP contribution in [0.4, 0.5) is 20.2 Å². The Balaban J connectivity index is 0.000000803. The number of anilines is 2. The number of carboxylic acid groups (broad SMARTS) is 1. The van der Waals surface area contributed by atoms with E-state index in [1.807, 2.05) is 0 Å². The lowest BCUT2D eigenvalue weighted by molar-refractivity contribution is -0.134. The van der Waals surface area contributed by atoms with Crippen LogP contribution in [-0.4, -0.2) is 89.6 Å². The number of carbonyl (C=O) groups is 3. The molecule has 2 aliphatic rings. The summed E-state index contributed by atoms with van der Waals surface area (Å²) < 4.78 is 59.2. The zero-order valence-corrected chi connectivity index (χ0v) is 29.0. The van der Waals surface area contributed by atoms with Crippen LogP contribution in [0.2, 0.25) is 0 Å². The van der Waals surface area contributed by atoms with Gasteiger partial charge in [0.05, 0.1) is 32.4 Å². The molecule has 0 atom stereocenters. The maximum atomic E-state index is 15.2. The largest absolute Gasteiger partial charge is 0.493 e. The van der Waals surface area contributed by atoms with Crippen LogP contribution in [0.1, 0.15) is 19.3 Å². The third-order valence-electron chi connectivity index (χ3n) is 8.29. The molecule has 0 spiro atoms. The second-order valence-corrected chi connectivity index (χ2v) is 12.4. The van der Waals surface area contributed by atoms with E-state index in [-0.39, 0.29) is 17.2 Å². The van der Waals surface area contributed by atoms with Crippen LogP contribution < -0.4 is 24.8 Å². The third kappa shape index (κ3) is 10.1. The Morgan fingerprint density at radius 2 is 1.62 bits per heavy atom. The van der Waals surface area contributed by atoms with Crippen molar-refractivity contribution in [1.82, 2.24) is 9.88 Å². The van der Waals surface area contributed by atoms with Crippen LogP contribution in [-0.2, 0) is 19.1 Å². The molecule has 1 aromatic heterocycles. The number of carboxylic acids is 1. The second kappa shape index (κ2) is 17.9. The van der Waals surface area contributed by atoms with Gasteiger partial charge in [0.1, 0.15) is 22.7 Å². The minimum Gasteiger partial charge on any atom is -0.493 e. The first kappa shape index (κ1) is 38.2. The fourth-order valence-electron chi connectivity index (χ4n) is 5.34. The number of halogens is 2. The van der Waals surface area contributed by atoms with Gasteiger partial charge in [-0.3, -0.25) is 24.3 Å². The minimum atomic E-state index is -1.28. The number of benzene rings is 3. The van der Waals surface area contributed by atoms with E-state index in [4.69, 9.17) is 28.6 Å². The van der Waals surface area contributed by atoms with Gasteiger partial charge < -0.3 is 39.2 Å². The van der Waals surface area contributed by atoms with Gasteiger partial charge >= 0.3 is 5.97 Å². The number of aromatic nitrogens is 1. The van der Waals surface area contributed by atoms with Crippen molar-refractivity contribution in [3.05, 3.63) is 78.5 Å². The number of hydrogen-bond acceptors (Lipinski definition) is 11. The van der Waals surface area contributed by atoms with Gasteiger partial charge in [0.15, 0.2) is 23.1 Å². The maximum absolute atomic E-state index is 15.2. The van der Waals surface area contributed by atoms with Crippen molar-refractivity contribution in [2.75, 3.05) is 63.0 Å². The number of carbonyl (C=O) groups excluding carboxylic acids is 2. The molecule has 1 aliphatic carbocycles. The zero-order valence-electron chi connectivity index (χ0n) is 28.2. The van der Waals surface area contributed by atoms with Crippen LogP contribution in [0, 0.1) is 17.0 Å². The molecule has 16 heteroatoms. The standard InChI is InChI=1S/C34H34F2N4O6.C2H4O3S/c1-43-30-20-25-27(21-31(30)45-16-2-13-40-14-17-44-18-15-40)37-12-9-28(25)46-29-8-7-24(19-26(29)36)39-33(42)34(10-11-34)32(41)38-23-5-3-22(35)4-6-23;3-2(4)1-6-5/h3-9,12,19-21H,2,10-11,13-18H2,1H3,(H,38,41)(H,39,42);5H,1H2,(H,3,4). The first-order valence-corrected chi connectivity index (χ1v) is 17.3. The van der Waals surface area contributed by atoms with Crippen molar-refractivity contribution in [2.24, 2.45) is 5.41 Å². The monoisotopic (exact) mass is 740 g/mol. The number of ether oxygens (including phenoxy) is 4. The molecular formula is C36H38F2N4O9S. The van der Waals surface area contributed by atoms with Crippen molar-refractivity contribution < 1.29 is 51.8 Å². The van der Waals surface area contributed by atoms with Crippen molar-refractivity contribution in [3.8, 4) is 23.0 Å². The summed E-state index contributed by atoms with van der Waals surface area (Å²) in [4.78, 5) is 42.1. The van der Waals surface area contributed by atoms with Gasteiger partial charge in [0.2, 0.25) is 11.8 Å². The van der Waals surface area contributed by atoms with Crippen LogP contribution in [0.25, 0.3) is 10.9 Å². The van der Waals surface area contributed by atoms with E-state index in [2.05, 4.69) is 20.5 Å². The van der Waals surface area contributed by atoms with E-state index < -0.39 is 34.8 Å². The number of nitrogens with one attached hydrogen (secondary N) is 2. The summed E-state index contributed by atoms with van der Waals surface area (Å²) in [5.41, 5.74) is -0.144. The summed E-state index contributed by atoms with van der Waals surface area (Å²) in [5, 5.41) is 13.6. The predicted molar refractivity (Wildman–Crippen MR) is 190 cm³/mol. The fourth-order valence-corrected chi connectivity index (χ4v) is 5.45. The number of hydrogen-bond donors (Lipinski definition) is 4. The average Bonchev–Trinajstić information content (AvgIpc) is 3.95. The van der Waals surface area contributed by atoms with Crippen molar-refractivity contribution in [1.29, 1.82) is 0 Å². The number of methoxy groups -OCH3 is 1. The first-order valence-electron chi connectivity index (χ1n) is 16.4. The molecule has 276 valence electrons. The molecule has 1 saturated carbocycles. The lowest BCUT2D eigenvalue weighted by Crippen LogP contribution is -2.37. The molecule has 6 rings (SSSR count). The lowest BCUT2D eigenvalue weighted by atomic mass is 10.0. The van der Waals surface area contributed by atoms with Gasteiger partial charge in [-0.15, -0.1) is 0 Å². The van der Waals surface area contributed by atoms with E-state index >= 15 is 4.39 Å². The number of amides is 2. The van der Waals surface area contributed by atoms with E-state index in [0.717, 1.165) is 45.3 Å². The summed E-state index contributed by atoms with van der Waals surface area (Å²) in [7, 11) is 1.55. The van der Waals surface area contributed by atoms with E-state index in [1.165, 1.54) is 36.4 Å². The molecule has 3 aromatic carbocycles. The fraction of sp³-hybridized carbons (Fsp3) is 0.333. The Morgan fingerprint density at radius 1 is 0.923 bits per heavy atom. The summed E-state index contributed by atoms with van der Waals surface area (Å²) in [5.74, 6) is -2.10. The summed E-state index contributed by atoms with van der Waals surface area (Å²) in [6.07, 6.45) is 3.09. The van der Waals surface area contributed by atoms with Gasteiger partial charge in [0, 0.05) is 54.7 Å². The SMILES string of the molecule is COc1cc2c(Oc3ccc(NC(=O)C4(C(=O)Nc5ccc(F)cc5)CC4)cc3F)ccnc2cc1OCCCN1CCOCC1.O=C(O)CSO. The molecule has 0 unspecified atom stereocenters. The van der Waals surface area contributed by atoms with E-state index in [1.54, 1.807) is 31.5 Å². The van der Waals surface area contributed by atoms with Crippen molar-refractivity contribution in [3.63, 3.8) is 0 Å². The highest BCUT2D eigenvalue weighted by atomic mass is 32.2. The Hall–Kier alpha value is -5.03. The molecule has 0 radical (unpaired) electrons. The van der Waals surface area contributed by atoms with Crippen LogP contribution in [0.3, 0.4) is 0 Å². The normalized spacial score (nSPS) is 14.8. The topological polar surface area (TPSA) is 169 Å². The van der Waals surface area contributed by atoms with Crippen molar-refractivity contribution in [2.45, 2.75) is 19.3 Å². The van der Waals surface area contributed by atoms with E-state index in [0.29, 0.717) is 65.3 Å². The molecule has 4 N–H and O–H groups in total.